The minimum Gasteiger partial charge on any atom is -0.294 e. The normalized spacial score (nSPS) is 24.1. The van der Waals surface area contributed by atoms with E-state index in [1.165, 1.54) is 17.6 Å². The summed E-state index contributed by atoms with van der Waals surface area (Å²) < 4.78 is 0. The zero-order valence-corrected chi connectivity index (χ0v) is 12.7. The molecule has 1 unspecified atom stereocenters. The van der Waals surface area contributed by atoms with Crippen LogP contribution in [-0.4, -0.2) is 5.78 Å². The number of hydrogen-bond donors (Lipinski definition) is 0. The second-order valence-corrected chi connectivity index (χ2v) is 6.31. The lowest BCUT2D eigenvalue weighted by atomic mass is 9.64. The largest absolute Gasteiger partial charge is 0.294 e. The summed E-state index contributed by atoms with van der Waals surface area (Å²) in [6.07, 6.45) is 9.13. The molecule has 0 amide bonds. The van der Waals surface area contributed by atoms with E-state index >= 15 is 0 Å². The first-order valence-corrected chi connectivity index (χ1v) is 7.46. The molecule has 2 rings (SSSR count). The molecule has 1 aromatic carbocycles. The Kier molecular flexibility index (Phi) is 4.59. The minimum absolute atomic E-state index is 0.0210. The van der Waals surface area contributed by atoms with Crippen LogP contribution in [0.4, 0.5) is 0 Å². The van der Waals surface area contributed by atoms with Crippen molar-refractivity contribution in [2.45, 2.75) is 40.0 Å². The van der Waals surface area contributed by atoms with Gasteiger partial charge in [0.1, 0.15) is 0 Å². The molecule has 1 nitrogen and oxygen atoms in total. The summed E-state index contributed by atoms with van der Waals surface area (Å²) in [5.41, 5.74) is 2.53. The molecule has 0 spiro atoms. The molecule has 0 radical (unpaired) electrons. The third-order valence-corrected chi connectivity index (χ3v) is 4.21. The highest BCUT2D eigenvalue weighted by Gasteiger charge is 2.38. The summed E-state index contributed by atoms with van der Waals surface area (Å²) in [7, 11) is 0. The maximum absolute atomic E-state index is 12.5. The maximum atomic E-state index is 12.5. The van der Waals surface area contributed by atoms with Crippen molar-refractivity contribution in [1.82, 2.24) is 0 Å². The van der Waals surface area contributed by atoms with Gasteiger partial charge < -0.3 is 0 Å². The Bertz CT molecular complexity index is 520. The van der Waals surface area contributed by atoms with E-state index in [0.717, 1.165) is 12.8 Å². The average Bonchev–Trinajstić information content (AvgIpc) is 2.39. The molecule has 1 aliphatic rings. The summed E-state index contributed by atoms with van der Waals surface area (Å²) in [5.74, 6) is 0.270. The Morgan fingerprint density at radius 1 is 1.25 bits per heavy atom. The van der Waals surface area contributed by atoms with Crippen molar-refractivity contribution in [3.05, 3.63) is 53.6 Å². The van der Waals surface area contributed by atoms with Crippen LogP contribution >= 0.6 is 0 Å². The van der Waals surface area contributed by atoms with Gasteiger partial charge in [0, 0.05) is 5.92 Å². The van der Waals surface area contributed by atoms with Gasteiger partial charge in [-0.25, -0.2) is 0 Å². The van der Waals surface area contributed by atoms with Gasteiger partial charge in [-0.15, -0.1) is 0 Å². The second kappa shape index (κ2) is 6.21. The van der Waals surface area contributed by atoms with E-state index in [1.807, 2.05) is 31.2 Å². The number of hydrogen-bond acceptors (Lipinski definition) is 1. The third-order valence-electron chi connectivity index (χ3n) is 4.21. The first-order valence-electron chi connectivity index (χ1n) is 7.46. The Balaban J connectivity index is 2.38. The summed E-state index contributed by atoms with van der Waals surface area (Å²) in [5, 5.41) is 0. The van der Waals surface area contributed by atoms with Gasteiger partial charge in [0.05, 0.1) is 0 Å². The van der Waals surface area contributed by atoms with Crippen LogP contribution in [0.2, 0.25) is 0 Å². The number of allylic oxidation sites excluding steroid dienone is 3. The Hall–Kier alpha value is -1.63. The van der Waals surface area contributed by atoms with Crippen LogP contribution < -0.4 is 0 Å². The second-order valence-electron chi connectivity index (χ2n) is 6.31. The standard InChI is InChI=1S/C19H24O/c1-4-9-17(20)18-16(12-8-13-19(18,2)3)14-15-10-6-5-7-11-15/h4-7,9-11,14,18H,8,12-13H2,1-3H3/b9-4+,16-14?. The number of rotatable bonds is 3. The van der Waals surface area contributed by atoms with Crippen molar-refractivity contribution in [1.29, 1.82) is 0 Å². The zero-order chi connectivity index (χ0) is 14.6. The van der Waals surface area contributed by atoms with Gasteiger partial charge >= 0.3 is 0 Å². The topological polar surface area (TPSA) is 17.1 Å². The van der Waals surface area contributed by atoms with Gasteiger partial charge in [-0.3, -0.25) is 4.79 Å². The van der Waals surface area contributed by atoms with Crippen molar-refractivity contribution < 1.29 is 4.79 Å². The molecule has 1 fully saturated rings. The van der Waals surface area contributed by atoms with Crippen LogP contribution in [0.5, 0.6) is 0 Å². The molecule has 0 heterocycles. The van der Waals surface area contributed by atoms with Crippen molar-refractivity contribution in [2.75, 3.05) is 0 Å². The molecular formula is C19H24O. The van der Waals surface area contributed by atoms with Gasteiger partial charge in [-0.05, 0) is 43.2 Å². The first kappa shape index (κ1) is 14.8. The Morgan fingerprint density at radius 2 is 1.95 bits per heavy atom. The minimum atomic E-state index is 0.0210. The highest BCUT2D eigenvalue weighted by Crippen LogP contribution is 2.45. The molecule has 0 bridgehead atoms. The van der Waals surface area contributed by atoms with Crippen molar-refractivity contribution in [3.8, 4) is 0 Å². The predicted molar refractivity (Wildman–Crippen MR) is 85.4 cm³/mol. The number of benzene rings is 1. The highest BCUT2D eigenvalue weighted by molar-refractivity contribution is 5.95. The molecule has 0 aromatic heterocycles. The molecule has 106 valence electrons. The molecule has 1 saturated carbocycles. The van der Waals surface area contributed by atoms with E-state index in [4.69, 9.17) is 0 Å². The number of carbonyl (C=O) groups is 1. The number of ketones is 1. The van der Waals surface area contributed by atoms with Crippen LogP contribution in [0.25, 0.3) is 6.08 Å². The Morgan fingerprint density at radius 3 is 2.60 bits per heavy atom. The molecule has 20 heavy (non-hydrogen) atoms. The lowest BCUT2D eigenvalue weighted by Crippen LogP contribution is -2.35. The van der Waals surface area contributed by atoms with Gasteiger partial charge in [0.2, 0.25) is 0 Å². The molecule has 0 saturated heterocycles. The summed E-state index contributed by atoms with van der Waals surface area (Å²) in [6, 6.07) is 10.3. The van der Waals surface area contributed by atoms with E-state index in [0.29, 0.717) is 0 Å². The van der Waals surface area contributed by atoms with Crippen LogP contribution in [0.3, 0.4) is 0 Å². The van der Waals surface area contributed by atoms with Gasteiger partial charge in [0.15, 0.2) is 5.78 Å². The summed E-state index contributed by atoms with van der Waals surface area (Å²) in [6.45, 7) is 6.35. The van der Waals surface area contributed by atoms with E-state index < -0.39 is 0 Å². The van der Waals surface area contributed by atoms with Crippen molar-refractivity contribution >= 4 is 11.9 Å². The Labute approximate surface area is 122 Å². The van der Waals surface area contributed by atoms with E-state index in [1.54, 1.807) is 6.08 Å². The quantitative estimate of drug-likeness (QED) is 0.702. The zero-order valence-electron chi connectivity index (χ0n) is 12.7. The molecule has 0 N–H and O–H groups in total. The van der Waals surface area contributed by atoms with Crippen molar-refractivity contribution in [2.24, 2.45) is 11.3 Å². The molecular weight excluding hydrogens is 244 g/mol. The maximum Gasteiger partial charge on any atom is 0.163 e. The van der Waals surface area contributed by atoms with E-state index in [2.05, 4.69) is 32.1 Å². The van der Waals surface area contributed by atoms with Gasteiger partial charge in [-0.1, -0.05) is 61.9 Å². The summed E-state index contributed by atoms with van der Waals surface area (Å²) in [4.78, 5) is 12.5. The summed E-state index contributed by atoms with van der Waals surface area (Å²) >= 11 is 0. The molecule has 1 heteroatoms. The monoisotopic (exact) mass is 268 g/mol. The smallest absolute Gasteiger partial charge is 0.163 e. The molecule has 1 aromatic rings. The van der Waals surface area contributed by atoms with Crippen LogP contribution in [0.1, 0.15) is 45.6 Å². The van der Waals surface area contributed by atoms with E-state index in [9.17, 15) is 4.79 Å². The molecule has 0 aliphatic heterocycles. The van der Waals surface area contributed by atoms with Crippen LogP contribution in [0.15, 0.2) is 48.1 Å². The fourth-order valence-electron chi connectivity index (χ4n) is 3.29. The van der Waals surface area contributed by atoms with Crippen molar-refractivity contribution in [3.63, 3.8) is 0 Å². The van der Waals surface area contributed by atoms with Gasteiger partial charge in [0.25, 0.3) is 0 Å². The molecule has 1 aliphatic carbocycles. The average molecular weight is 268 g/mol. The van der Waals surface area contributed by atoms with E-state index in [-0.39, 0.29) is 17.1 Å². The fourth-order valence-corrected chi connectivity index (χ4v) is 3.29. The highest BCUT2D eigenvalue weighted by atomic mass is 16.1. The van der Waals surface area contributed by atoms with Gasteiger partial charge in [-0.2, -0.15) is 0 Å². The fraction of sp³-hybridized carbons (Fsp3) is 0.421. The third kappa shape index (κ3) is 3.27. The lowest BCUT2D eigenvalue weighted by Gasteiger charge is -2.39. The van der Waals surface area contributed by atoms with Crippen LogP contribution in [0, 0.1) is 11.3 Å². The predicted octanol–water partition coefficient (Wildman–Crippen LogP) is 5.04. The number of carbonyl (C=O) groups excluding carboxylic acids is 1. The lowest BCUT2D eigenvalue weighted by molar-refractivity contribution is -0.120. The SMILES string of the molecule is C/C=C/C(=O)C1C(=Cc2ccccc2)CCCC1(C)C. The first-order chi connectivity index (χ1) is 9.54. The molecule has 1 atom stereocenters. The van der Waals surface area contributed by atoms with Crippen LogP contribution in [-0.2, 0) is 4.79 Å².